The second-order valence-corrected chi connectivity index (χ2v) is 13.2. The second kappa shape index (κ2) is 9.20. The zero-order valence-electron chi connectivity index (χ0n) is 21.3. The summed E-state index contributed by atoms with van der Waals surface area (Å²) >= 11 is 0. The van der Waals surface area contributed by atoms with Crippen LogP contribution in [0.15, 0.2) is 24.5 Å². The first-order valence-electron chi connectivity index (χ1n) is 12.3. The first-order chi connectivity index (χ1) is 18.1. The van der Waals surface area contributed by atoms with Gasteiger partial charge in [-0.05, 0) is 30.9 Å². The van der Waals surface area contributed by atoms with Gasteiger partial charge in [-0.15, -0.1) is 5.10 Å². The van der Waals surface area contributed by atoms with Gasteiger partial charge in [-0.3, -0.25) is 9.78 Å². The standard InChI is InChI=1S/C25H26F5N5O3S/c1-24(2)10-15(16-12-31-19-9-18(27)33-35(19)21(16)24)14-8-17(26)20(32-11-14)22(25(28,29)30)34(3)23(36)13-4-6-39(37,38)7-5-13/h8-9,11-13,15,22H,4-7,10H2,1-3H3/t15-,22+/m0/s1. The van der Waals surface area contributed by atoms with Gasteiger partial charge in [-0.2, -0.15) is 17.6 Å². The van der Waals surface area contributed by atoms with Gasteiger partial charge in [0.05, 0.1) is 17.2 Å². The number of sulfone groups is 1. The van der Waals surface area contributed by atoms with E-state index in [0.29, 0.717) is 33.8 Å². The van der Waals surface area contributed by atoms with Crippen LogP contribution < -0.4 is 0 Å². The predicted octanol–water partition coefficient (Wildman–Crippen LogP) is 4.10. The number of amides is 1. The van der Waals surface area contributed by atoms with Crippen LogP contribution in [-0.4, -0.2) is 63.5 Å². The van der Waals surface area contributed by atoms with Gasteiger partial charge in [-0.1, -0.05) is 13.8 Å². The number of fused-ring (bicyclic) bond motifs is 3. The fourth-order valence-electron chi connectivity index (χ4n) is 5.83. The molecular formula is C25H26F5N5O3S. The van der Waals surface area contributed by atoms with E-state index in [1.54, 1.807) is 0 Å². The van der Waals surface area contributed by atoms with Gasteiger partial charge in [-0.25, -0.2) is 22.3 Å². The molecule has 39 heavy (non-hydrogen) atoms. The normalized spacial score (nSPS) is 21.6. The summed E-state index contributed by atoms with van der Waals surface area (Å²) in [5, 5.41) is 3.87. The Balaban J connectivity index is 1.48. The molecular weight excluding hydrogens is 545 g/mol. The van der Waals surface area contributed by atoms with E-state index < -0.39 is 62.7 Å². The summed E-state index contributed by atoms with van der Waals surface area (Å²) < 4.78 is 96.6. The lowest BCUT2D eigenvalue weighted by Gasteiger charge is -2.33. The lowest BCUT2D eigenvalue weighted by atomic mass is 9.87. The molecule has 14 heteroatoms. The minimum absolute atomic E-state index is 0.0940. The average Bonchev–Trinajstić information content (AvgIpc) is 3.34. The smallest absolute Gasteiger partial charge is 0.328 e. The van der Waals surface area contributed by atoms with Crippen molar-refractivity contribution in [2.75, 3.05) is 18.6 Å². The van der Waals surface area contributed by atoms with E-state index in [0.717, 1.165) is 19.3 Å². The largest absolute Gasteiger partial charge is 0.414 e. The molecule has 1 aliphatic heterocycles. The van der Waals surface area contributed by atoms with Crippen LogP contribution >= 0.6 is 0 Å². The summed E-state index contributed by atoms with van der Waals surface area (Å²) in [5.74, 6) is -4.83. The zero-order valence-corrected chi connectivity index (χ0v) is 22.2. The first-order valence-corrected chi connectivity index (χ1v) is 14.1. The molecule has 210 valence electrons. The number of carbonyl (C=O) groups excluding carboxylic acids is 1. The number of pyridine rings is 1. The number of alkyl halides is 3. The molecule has 1 amide bonds. The molecule has 1 saturated heterocycles. The molecule has 1 aliphatic carbocycles. The summed E-state index contributed by atoms with van der Waals surface area (Å²) in [6, 6.07) is -0.490. The van der Waals surface area contributed by atoms with Crippen LogP contribution in [0.3, 0.4) is 0 Å². The van der Waals surface area contributed by atoms with E-state index in [2.05, 4.69) is 15.1 Å². The molecule has 0 N–H and O–H groups in total. The Morgan fingerprint density at radius 1 is 1.13 bits per heavy atom. The van der Waals surface area contributed by atoms with Crippen LogP contribution in [0.1, 0.15) is 67.6 Å². The lowest BCUT2D eigenvalue weighted by Crippen LogP contribution is -2.45. The second-order valence-electron chi connectivity index (χ2n) is 10.9. The van der Waals surface area contributed by atoms with Gasteiger partial charge in [0.25, 0.3) is 0 Å². The van der Waals surface area contributed by atoms with Crippen molar-refractivity contribution in [2.45, 2.75) is 56.7 Å². The summed E-state index contributed by atoms with van der Waals surface area (Å²) in [5.41, 5.74) is 0.421. The molecule has 3 aromatic rings. The molecule has 3 aromatic heterocycles. The Kier molecular flexibility index (Phi) is 6.47. The third kappa shape index (κ3) is 4.87. The molecule has 0 unspecified atom stereocenters. The van der Waals surface area contributed by atoms with Crippen LogP contribution in [0, 0.1) is 17.7 Å². The van der Waals surface area contributed by atoms with Crippen molar-refractivity contribution in [3.05, 3.63) is 58.8 Å². The Labute approximate surface area is 221 Å². The number of halogens is 5. The first kappa shape index (κ1) is 27.4. The van der Waals surface area contributed by atoms with E-state index in [9.17, 15) is 30.8 Å². The molecule has 1 fully saturated rings. The molecule has 5 rings (SSSR count). The molecule has 2 atom stereocenters. The molecule has 0 bridgehead atoms. The highest BCUT2D eigenvalue weighted by Crippen LogP contribution is 2.49. The molecule has 8 nitrogen and oxygen atoms in total. The van der Waals surface area contributed by atoms with Gasteiger partial charge >= 0.3 is 6.18 Å². The maximum absolute atomic E-state index is 15.4. The van der Waals surface area contributed by atoms with Gasteiger partial charge in [0.2, 0.25) is 11.9 Å². The van der Waals surface area contributed by atoms with Gasteiger partial charge < -0.3 is 4.90 Å². The van der Waals surface area contributed by atoms with Crippen molar-refractivity contribution in [1.29, 1.82) is 0 Å². The topological polar surface area (TPSA) is 97.5 Å². The van der Waals surface area contributed by atoms with Gasteiger partial charge in [0.15, 0.2) is 11.7 Å². The molecule has 0 aromatic carbocycles. The van der Waals surface area contributed by atoms with Gasteiger partial charge in [0, 0.05) is 48.3 Å². The summed E-state index contributed by atoms with van der Waals surface area (Å²) in [7, 11) is -2.40. The average molecular weight is 572 g/mol. The molecule has 4 heterocycles. The zero-order chi connectivity index (χ0) is 28.5. The Morgan fingerprint density at radius 2 is 1.79 bits per heavy atom. The number of hydrogen-bond donors (Lipinski definition) is 0. The maximum Gasteiger partial charge on any atom is 0.414 e. The van der Waals surface area contributed by atoms with E-state index in [1.165, 1.54) is 16.8 Å². The van der Waals surface area contributed by atoms with Crippen LogP contribution in [0.4, 0.5) is 22.0 Å². The molecule has 0 saturated carbocycles. The minimum atomic E-state index is -5.04. The van der Waals surface area contributed by atoms with Crippen LogP contribution in [0.5, 0.6) is 0 Å². The minimum Gasteiger partial charge on any atom is -0.328 e. The van der Waals surface area contributed by atoms with E-state index in [1.807, 2.05) is 13.8 Å². The van der Waals surface area contributed by atoms with E-state index in [-0.39, 0.29) is 24.3 Å². The highest BCUT2D eigenvalue weighted by atomic mass is 32.2. The van der Waals surface area contributed by atoms with Crippen molar-refractivity contribution >= 4 is 21.4 Å². The Hall–Kier alpha value is -3.16. The maximum atomic E-state index is 15.4. The van der Waals surface area contributed by atoms with Crippen molar-refractivity contribution < 1.29 is 35.2 Å². The quantitative estimate of drug-likeness (QED) is 0.438. The summed E-state index contributed by atoms with van der Waals surface area (Å²) in [6.07, 6.45) is -2.11. The molecule has 0 radical (unpaired) electrons. The Bertz CT molecular complexity index is 1560. The third-order valence-corrected chi connectivity index (χ3v) is 9.43. The number of nitrogens with zero attached hydrogens (tertiary/aromatic N) is 5. The number of aromatic nitrogens is 4. The fraction of sp³-hybridized carbons (Fsp3) is 0.520. The lowest BCUT2D eigenvalue weighted by molar-refractivity contribution is -0.192. The number of carbonyl (C=O) groups is 1. The van der Waals surface area contributed by atoms with Crippen LogP contribution in [-0.2, 0) is 20.0 Å². The highest BCUT2D eigenvalue weighted by Gasteiger charge is 2.49. The number of hydrogen-bond acceptors (Lipinski definition) is 6. The van der Waals surface area contributed by atoms with Crippen molar-refractivity contribution in [2.24, 2.45) is 5.92 Å². The predicted molar refractivity (Wildman–Crippen MR) is 130 cm³/mol. The van der Waals surface area contributed by atoms with Crippen LogP contribution in [0.25, 0.3) is 5.65 Å². The van der Waals surface area contributed by atoms with Gasteiger partial charge in [0.1, 0.15) is 21.3 Å². The van der Waals surface area contributed by atoms with Crippen molar-refractivity contribution in [3.63, 3.8) is 0 Å². The number of rotatable bonds is 4. The summed E-state index contributed by atoms with van der Waals surface area (Å²) in [4.78, 5) is 21.4. The highest BCUT2D eigenvalue weighted by molar-refractivity contribution is 7.91. The SMILES string of the molecule is CN(C(=O)C1CCS(=O)(=O)CC1)[C@H](c1ncc([C@@H]2CC(C)(C)c3c2cnc2cc(F)nn32)cc1F)C(F)(F)F. The van der Waals surface area contributed by atoms with E-state index >= 15 is 4.39 Å². The third-order valence-electron chi connectivity index (χ3n) is 7.71. The summed E-state index contributed by atoms with van der Waals surface area (Å²) in [6.45, 7) is 3.81. The van der Waals surface area contributed by atoms with Crippen molar-refractivity contribution in [3.8, 4) is 0 Å². The fourth-order valence-corrected chi connectivity index (χ4v) is 7.32. The Morgan fingerprint density at radius 3 is 2.41 bits per heavy atom. The van der Waals surface area contributed by atoms with Crippen LogP contribution in [0.2, 0.25) is 0 Å². The molecule has 0 spiro atoms. The van der Waals surface area contributed by atoms with Crippen molar-refractivity contribution in [1.82, 2.24) is 24.5 Å². The van der Waals surface area contributed by atoms with E-state index in [4.69, 9.17) is 0 Å². The molecule has 2 aliphatic rings. The monoisotopic (exact) mass is 571 g/mol.